The Bertz CT molecular complexity index is 2390. The van der Waals surface area contributed by atoms with E-state index >= 15 is 0 Å². The molecule has 15 heteroatoms. The fraction of sp³-hybridized carbons (Fsp3) is 0.235. The quantitative estimate of drug-likeness (QED) is 0.102. The van der Waals surface area contributed by atoms with Crippen LogP contribution in [0.1, 0.15) is 31.2 Å². The van der Waals surface area contributed by atoms with E-state index in [1.54, 1.807) is 35.6 Å². The van der Waals surface area contributed by atoms with E-state index in [1.165, 1.54) is 0 Å². The number of thiophene rings is 1. The number of nitrogens with zero attached hydrogens (tertiary/aromatic N) is 4. The maximum absolute atomic E-state index is 11.6. The normalized spacial score (nSPS) is 14.5. The van der Waals surface area contributed by atoms with E-state index in [2.05, 4.69) is 23.6 Å². The second-order valence-corrected chi connectivity index (χ2v) is 15.9. The third-order valence-electron chi connectivity index (χ3n) is 8.21. The molecule has 2 N–H and O–H groups in total. The molecule has 0 aliphatic carbocycles. The topological polar surface area (TPSA) is 156 Å². The standard InChI is InChI=1S/C34H31ClN4O7S3/c1-2-37-29-20-27(35)24(21-36)19-28(29)38(14-6-16-48(40,41)42)33(37)10-5-11-34-39(15-7-17-49(43,44)45)30-18-23(12-13-31(30)46-34)26-22-47-32-9-4-3-8-25(26)32/h3-5,8-13,18-20,22H,2,6-7,14-17H2,1H3,(H-,40,41,42,43,44,45)/p+1. The summed E-state index contributed by atoms with van der Waals surface area (Å²) >= 11 is 8.05. The highest BCUT2D eigenvalue weighted by atomic mass is 35.5. The molecule has 3 aromatic carbocycles. The maximum atomic E-state index is 11.6. The average molecular weight is 740 g/mol. The first kappa shape index (κ1) is 34.6. The van der Waals surface area contributed by atoms with Gasteiger partial charge < -0.3 is 14.2 Å². The van der Waals surface area contributed by atoms with E-state index in [0.29, 0.717) is 29.5 Å². The smallest absolute Gasteiger partial charge is 0.374 e. The lowest BCUT2D eigenvalue weighted by Gasteiger charge is -2.24. The van der Waals surface area contributed by atoms with Crippen LogP contribution in [0.25, 0.3) is 38.4 Å². The lowest BCUT2D eigenvalue weighted by Crippen LogP contribution is -2.36. The fourth-order valence-corrected chi connectivity index (χ4v) is 8.22. The Morgan fingerprint density at radius 2 is 1.73 bits per heavy atom. The van der Waals surface area contributed by atoms with Crippen LogP contribution in [0, 0.1) is 11.3 Å². The van der Waals surface area contributed by atoms with E-state index in [1.807, 2.05) is 57.7 Å². The summed E-state index contributed by atoms with van der Waals surface area (Å²) in [6.45, 7) is 2.96. The lowest BCUT2D eigenvalue weighted by atomic mass is 10.0. The predicted molar refractivity (Wildman–Crippen MR) is 193 cm³/mol. The monoisotopic (exact) mass is 739 g/mol. The molecule has 49 heavy (non-hydrogen) atoms. The molecule has 1 aliphatic heterocycles. The largest absolute Gasteiger partial charge is 0.398 e. The minimum absolute atomic E-state index is 0.125. The Morgan fingerprint density at radius 3 is 2.47 bits per heavy atom. The number of hydrogen-bond donors (Lipinski definition) is 2. The molecule has 0 fully saturated rings. The summed E-state index contributed by atoms with van der Waals surface area (Å²) in [4.78, 5) is 3.86. The summed E-state index contributed by atoms with van der Waals surface area (Å²) in [6, 6.07) is 19.5. The first-order valence-corrected chi connectivity index (χ1v) is 19.8. The van der Waals surface area contributed by atoms with Crippen LogP contribution >= 0.6 is 22.9 Å². The minimum atomic E-state index is -4.18. The molecule has 1 aliphatic rings. The van der Waals surface area contributed by atoms with Crippen molar-refractivity contribution in [1.82, 2.24) is 0 Å². The second-order valence-electron chi connectivity index (χ2n) is 11.4. The Balaban J connectivity index is 1.40. The van der Waals surface area contributed by atoms with Crippen LogP contribution in [0.5, 0.6) is 0 Å². The highest BCUT2D eigenvalue weighted by molar-refractivity contribution is 7.86. The number of benzene rings is 3. The van der Waals surface area contributed by atoms with Crippen molar-refractivity contribution in [2.45, 2.75) is 26.3 Å². The van der Waals surface area contributed by atoms with Crippen LogP contribution in [-0.4, -0.2) is 50.5 Å². The van der Waals surface area contributed by atoms with E-state index < -0.39 is 31.7 Å². The van der Waals surface area contributed by atoms with E-state index in [9.17, 15) is 31.2 Å². The number of rotatable bonds is 12. The van der Waals surface area contributed by atoms with Crippen LogP contribution < -0.4 is 14.4 Å². The van der Waals surface area contributed by atoms with Gasteiger partial charge in [-0.2, -0.15) is 26.7 Å². The van der Waals surface area contributed by atoms with Gasteiger partial charge in [0.1, 0.15) is 11.9 Å². The minimum Gasteiger partial charge on any atom is -0.398 e. The molecule has 0 atom stereocenters. The van der Waals surface area contributed by atoms with Gasteiger partial charge in [-0.15, -0.1) is 11.3 Å². The van der Waals surface area contributed by atoms with Gasteiger partial charge in [0.05, 0.1) is 39.5 Å². The van der Waals surface area contributed by atoms with Crippen molar-refractivity contribution >= 4 is 81.8 Å². The second kappa shape index (κ2) is 13.9. The SMILES string of the molecule is CCN1/C(=C\C=C\c2oc3ccc(-c4csc5ccccc45)cc3[n+]2CCCS(=O)(=O)O)N(CCCS(=O)(=O)O)c2cc(C#N)c(Cl)cc21. The van der Waals surface area contributed by atoms with Gasteiger partial charge in [-0.1, -0.05) is 35.9 Å². The Kier molecular flexibility index (Phi) is 9.86. The van der Waals surface area contributed by atoms with E-state index in [4.69, 9.17) is 16.0 Å². The van der Waals surface area contributed by atoms with Gasteiger partial charge in [0.15, 0.2) is 6.54 Å². The van der Waals surface area contributed by atoms with Crippen molar-refractivity contribution in [2.24, 2.45) is 0 Å². The fourth-order valence-electron chi connectivity index (χ4n) is 6.06. The number of allylic oxidation sites excluding steroid dienone is 2. The molecule has 5 aromatic rings. The summed E-state index contributed by atoms with van der Waals surface area (Å²) < 4.78 is 74.1. The Hall–Kier alpha value is -4.23. The molecular formula is C34H32ClN4O7S3+. The molecule has 0 spiro atoms. The zero-order chi connectivity index (χ0) is 34.9. The first-order valence-electron chi connectivity index (χ1n) is 15.4. The van der Waals surface area contributed by atoms with Gasteiger partial charge in [0.25, 0.3) is 25.8 Å². The number of fused-ring (bicyclic) bond motifs is 3. The van der Waals surface area contributed by atoms with Crippen molar-refractivity contribution in [3.63, 3.8) is 0 Å². The molecule has 3 heterocycles. The van der Waals surface area contributed by atoms with E-state index in [0.717, 1.165) is 32.4 Å². The number of aryl methyl sites for hydroxylation is 1. The molecular weight excluding hydrogens is 708 g/mol. The predicted octanol–water partition coefficient (Wildman–Crippen LogP) is 6.88. The Labute approximate surface area is 293 Å². The number of halogens is 1. The molecule has 0 saturated carbocycles. The number of oxazole rings is 1. The first-order chi connectivity index (χ1) is 23.4. The van der Waals surface area contributed by atoms with Gasteiger partial charge >= 0.3 is 5.89 Å². The summed E-state index contributed by atoms with van der Waals surface area (Å²) in [5.41, 5.74) is 5.09. The lowest BCUT2D eigenvalue weighted by molar-refractivity contribution is -0.677. The Morgan fingerprint density at radius 1 is 1.00 bits per heavy atom. The van der Waals surface area contributed by atoms with Gasteiger partial charge in [-0.05, 0) is 60.7 Å². The number of nitriles is 1. The highest BCUT2D eigenvalue weighted by Crippen LogP contribution is 2.44. The number of aromatic nitrogens is 1. The average Bonchev–Trinajstić information content (AvgIpc) is 3.71. The van der Waals surface area contributed by atoms with E-state index in [-0.39, 0.29) is 36.5 Å². The molecule has 11 nitrogen and oxygen atoms in total. The third kappa shape index (κ3) is 7.52. The van der Waals surface area contributed by atoms with Gasteiger partial charge in [0.2, 0.25) is 5.58 Å². The third-order valence-corrected chi connectivity index (χ3v) is 11.1. The molecule has 0 bridgehead atoms. The van der Waals surface area contributed by atoms with Crippen molar-refractivity contribution in [3.8, 4) is 17.2 Å². The van der Waals surface area contributed by atoms with Crippen LogP contribution in [-0.2, 0) is 26.8 Å². The molecule has 254 valence electrons. The summed E-state index contributed by atoms with van der Waals surface area (Å²) in [7, 11) is -8.35. The van der Waals surface area contributed by atoms with Crippen molar-refractivity contribution in [1.29, 1.82) is 5.26 Å². The van der Waals surface area contributed by atoms with Gasteiger partial charge in [-0.3, -0.25) is 9.11 Å². The summed E-state index contributed by atoms with van der Waals surface area (Å²) in [6.07, 6.45) is 5.63. The molecule has 2 aromatic heterocycles. The van der Waals surface area contributed by atoms with Crippen LogP contribution in [0.3, 0.4) is 0 Å². The maximum Gasteiger partial charge on any atom is 0.374 e. The molecule has 0 saturated heterocycles. The number of hydrogen-bond acceptors (Lipinski definition) is 9. The van der Waals surface area contributed by atoms with Crippen LogP contribution in [0.2, 0.25) is 5.02 Å². The van der Waals surface area contributed by atoms with Crippen LogP contribution in [0.15, 0.2) is 82.4 Å². The molecule has 0 amide bonds. The number of anilines is 2. The molecule has 6 rings (SSSR count). The van der Waals surface area contributed by atoms with Crippen molar-refractivity contribution in [2.75, 3.05) is 34.4 Å². The highest BCUT2D eigenvalue weighted by Gasteiger charge is 2.31. The van der Waals surface area contributed by atoms with Crippen LogP contribution in [0.4, 0.5) is 11.4 Å². The molecule has 0 radical (unpaired) electrons. The van der Waals surface area contributed by atoms with Crippen molar-refractivity contribution < 1.29 is 34.9 Å². The van der Waals surface area contributed by atoms with Crippen molar-refractivity contribution in [3.05, 3.63) is 94.4 Å². The summed E-state index contributed by atoms with van der Waals surface area (Å²) in [5.74, 6) is 0.291. The molecule has 0 unspecified atom stereocenters. The van der Waals surface area contributed by atoms with Gasteiger partial charge in [-0.25, -0.2) is 0 Å². The van der Waals surface area contributed by atoms with Gasteiger partial charge in [0, 0.05) is 41.2 Å². The summed E-state index contributed by atoms with van der Waals surface area (Å²) in [5, 5.41) is 13.1. The zero-order valence-corrected chi connectivity index (χ0v) is 29.5. The zero-order valence-electron chi connectivity index (χ0n) is 26.3.